The molecular weight excluding hydrogens is 532 g/mol. The Morgan fingerprint density at radius 3 is 1.71 bits per heavy atom. The molecule has 0 fully saturated rings. The molecule has 12 heteroatoms. The highest BCUT2D eigenvalue weighted by Gasteiger charge is 2.30. The van der Waals surface area contributed by atoms with Gasteiger partial charge in [0.15, 0.2) is 0 Å². The van der Waals surface area contributed by atoms with E-state index in [0.717, 1.165) is 22.3 Å². The first-order valence-corrected chi connectivity index (χ1v) is 13.0. The molecule has 0 saturated heterocycles. The maximum Gasteiger partial charge on any atom is 0.414 e. The molecule has 0 saturated carbocycles. The number of amides is 3. The molecule has 220 valence electrons. The Hall–Kier alpha value is -4.61. The summed E-state index contributed by atoms with van der Waals surface area (Å²) in [5.74, 6) is -2.04. The van der Waals surface area contributed by atoms with Crippen LogP contribution < -0.4 is 16.0 Å². The van der Waals surface area contributed by atoms with Crippen molar-refractivity contribution in [1.29, 1.82) is 0 Å². The summed E-state index contributed by atoms with van der Waals surface area (Å²) in [6.07, 6.45) is -2.84. The molecule has 41 heavy (non-hydrogen) atoms. The maximum atomic E-state index is 12.6. The van der Waals surface area contributed by atoms with Crippen LogP contribution in [0.2, 0.25) is 0 Å². The Balaban J connectivity index is 1.68. The SMILES string of the molecule is CC(C)(C)OC(=O)NC(=NC[C@@H](NC(=O)OCC1c2ccccc2-c2ccccc21)C(=O)O)NC(=O)OC(C)(C)C. The lowest BCUT2D eigenvalue weighted by molar-refractivity contribution is -0.139. The highest BCUT2D eigenvalue weighted by molar-refractivity contribution is 6.01. The number of aliphatic carboxylic acids is 1. The van der Waals surface area contributed by atoms with Crippen LogP contribution in [0.3, 0.4) is 0 Å². The second-order valence-electron chi connectivity index (χ2n) is 11.3. The molecule has 0 unspecified atom stereocenters. The van der Waals surface area contributed by atoms with E-state index in [1.54, 1.807) is 41.5 Å². The number of fused-ring (bicyclic) bond motifs is 3. The van der Waals surface area contributed by atoms with Crippen molar-refractivity contribution >= 4 is 30.2 Å². The number of alkyl carbamates (subject to hydrolysis) is 3. The van der Waals surface area contributed by atoms with Crippen LogP contribution in [-0.2, 0) is 19.0 Å². The highest BCUT2D eigenvalue weighted by atomic mass is 16.6. The number of ether oxygens (including phenoxy) is 3. The third kappa shape index (κ3) is 9.23. The zero-order valence-electron chi connectivity index (χ0n) is 23.9. The first kappa shape index (κ1) is 30.9. The maximum absolute atomic E-state index is 12.6. The molecule has 1 atom stereocenters. The predicted molar refractivity (Wildman–Crippen MR) is 151 cm³/mol. The van der Waals surface area contributed by atoms with E-state index in [1.165, 1.54) is 0 Å². The molecule has 3 amide bonds. The Morgan fingerprint density at radius 2 is 1.27 bits per heavy atom. The normalized spacial score (nSPS) is 13.1. The standard InChI is InChI=1S/C29H36N4O8/c1-28(2,3)40-26(37)32-24(33-27(38)41-29(4,5)6)30-15-22(23(34)35)31-25(36)39-16-21-19-13-9-7-11-17(19)18-12-8-10-14-20(18)21/h7-14,21-22H,15-16H2,1-6H3,(H,31,36)(H,34,35)(H2,30,32,33,37,38)/t22-/m1/s1. The molecule has 3 rings (SSSR count). The number of carboxylic acids is 1. The van der Waals surface area contributed by atoms with Gasteiger partial charge in [0.05, 0.1) is 6.54 Å². The van der Waals surface area contributed by atoms with Crippen molar-refractivity contribution in [1.82, 2.24) is 16.0 Å². The van der Waals surface area contributed by atoms with Crippen LogP contribution in [0.4, 0.5) is 14.4 Å². The van der Waals surface area contributed by atoms with Crippen LogP contribution in [0.15, 0.2) is 53.5 Å². The summed E-state index contributed by atoms with van der Waals surface area (Å²) in [5, 5.41) is 16.5. The minimum Gasteiger partial charge on any atom is -0.480 e. The summed E-state index contributed by atoms with van der Waals surface area (Å²) in [4.78, 5) is 53.0. The highest BCUT2D eigenvalue weighted by Crippen LogP contribution is 2.44. The molecule has 1 aliphatic carbocycles. The summed E-state index contributed by atoms with van der Waals surface area (Å²) in [6, 6.07) is 14.1. The molecule has 2 aromatic rings. The molecule has 0 aliphatic heterocycles. The van der Waals surface area contributed by atoms with E-state index >= 15 is 0 Å². The van der Waals surface area contributed by atoms with Crippen LogP contribution in [0, 0.1) is 0 Å². The minimum atomic E-state index is -1.54. The first-order chi connectivity index (χ1) is 19.1. The lowest BCUT2D eigenvalue weighted by Gasteiger charge is -2.22. The fourth-order valence-electron chi connectivity index (χ4n) is 4.06. The molecule has 0 heterocycles. The molecule has 0 spiro atoms. The second-order valence-corrected chi connectivity index (χ2v) is 11.3. The van der Waals surface area contributed by atoms with E-state index in [-0.39, 0.29) is 12.5 Å². The number of hydrogen-bond acceptors (Lipinski definition) is 8. The largest absolute Gasteiger partial charge is 0.480 e. The number of guanidine groups is 1. The van der Waals surface area contributed by atoms with Crippen molar-refractivity contribution in [2.24, 2.45) is 4.99 Å². The zero-order chi connectivity index (χ0) is 30.4. The van der Waals surface area contributed by atoms with Crippen LogP contribution >= 0.6 is 0 Å². The average molecular weight is 569 g/mol. The van der Waals surface area contributed by atoms with E-state index in [4.69, 9.17) is 14.2 Å². The van der Waals surface area contributed by atoms with Crippen LogP contribution in [0.25, 0.3) is 11.1 Å². The van der Waals surface area contributed by atoms with Gasteiger partial charge in [-0.15, -0.1) is 0 Å². The van der Waals surface area contributed by atoms with E-state index in [1.807, 2.05) is 48.5 Å². The third-order valence-corrected chi connectivity index (χ3v) is 5.60. The van der Waals surface area contributed by atoms with Crippen LogP contribution in [0.5, 0.6) is 0 Å². The van der Waals surface area contributed by atoms with E-state index < -0.39 is 54.0 Å². The zero-order valence-corrected chi connectivity index (χ0v) is 23.9. The lowest BCUT2D eigenvalue weighted by atomic mass is 9.98. The first-order valence-electron chi connectivity index (χ1n) is 13.0. The van der Waals surface area contributed by atoms with Gasteiger partial charge in [0.2, 0.25) is 5.96 Å². The molecule has 1 aliphatic rings. The topological polar surface area (TPSA) is 165 Å². The summed E-state index contributed by atoms with van der Waals surface area (Å²) >= 11 is 0. The molecule has 0 bridgehead atoms. The van der Waals surface area contributed by atoms with Gasteiger partial charge < -0.3 is 24.6 Å². The molecule has 0 radical (unpaired) electrons. The fraction of sp³-hybridized carbons (Fsp3) is 0.414. The van der Waals surface area contributed by atoms with Gasteiger partial charge in [-0.05, 0) is 63.8 Å². The number of nitrogens with zero attached hydrogens (tertiary/aromatic N) is 1. The molecule has 0 aromatic heterocycles. The Kier molecular flexibility index (Phi) is 9.59. The molecule has 2 aromatic carbocycles. The van der Waals surface area contributed by atoms with Gasteiger partial charge in [-0.2, -0.15) is 0 Å². The van der Waals surface area contributed by atoms with Gasteiger partial charge in [-0.3, -0.25) is 10.6 Å². The van der Waals surface area contributed by atoms with Crippen molar-refractivity contribution in [2.45, 2.75) is 64.7 Å². The average Bonchev–Trinajstić information content (AvgIpc) is 3.16. The summed E-state index contributed by atoms with van der Waals surface area (Å²) < 4.78 is 15.8. The molecule has 12 nitrogen and oxygen atoms in total. The van der Waals surface area contributed by atoms with Gasteiger partial charge in [0.1, 0.15) is 23.9 Å². The second kappa shape index (κ2) is 12.7. The summed E-state index contributed by atoms with van der Waals surface area (Å²) in [6.45, 7) is 9.29. The number of hydrogen-bond donors (Lipinski definition) is 4. The van der Waals surface area contributed by atoms with Crippen molar-refractivity contribution in [3.8, 4) is 11.1 Å². The third-order valence-electron chi connectivity index (χ3n) is 5.60. The Bertz CT molecular complexity index is 1250. The number of carbonyl (C=O) groups is 4. The summed E-state index contributed by atoms with van der Waals surface area (Å²) in [5.41, 5.74) is 2.42. The molecule has 4 N–H and O–H groups in total. The number of carbonyl (C=O) groups excluding carboxylic acids is 3. The number of carboxylic acid groups (broad SMARTS) is 1. The van der Waals surface area contributed by atoms with Gasteiger partial charge in [-0.1, -0.05) is 48.5 Å². The summed E-state index contributed by atoms with van der Waals surface area (Å²) in [7, 11) is 0. The number of rotatable bonds is 6. The lowest BCUT2D eigenvalue weighted by Crippen LogP contribution is -2.49. The van der Waals surface area contributed by atoms with Gasteiger partial charge in [0, 0.05) is 5.92 Å². The smallest absolute Gasteiger partial charge is 0.414 e. The predicted octanol–water partition coefficient (Wildman–Crippen LogP) is 4.38. The van der Waals surface area contributed by atoms with Crippen LogP contribution in [-0.4, -0.2) is 65.7 Å². The van der Waals surface area contributed by atoms with Gasteiger partial charge in [-0.25, -0.2) is 24.2 Å². The van der Waals surface area contributed by atoms with Gasteiger partial charge in [0.25, 0.3) is 0 Å². The minimum absolute atomic E-state index is 0.0128. The van der Waals surface area contributed by atoms with Crippen molar-refractivity contribution in [3.63, 3.8) is 0 Å². The number of benzene rings is 2. The van der Waals surface area contributed by atoms with Gasteiger partial charge >= 0.3 is 24.2 Å². The Morgan fingerprint density at radius 1 is 0.805 bits per heavy atom. The van der Waals surface area contributed by atoms with Crippen molar-refractivity contribution in [3.05, 3.63) is 59.7 Å². The van der Waals surface area contributed by atoms with Crippen molar-refractivity contribution in [2.75, 3.05) is 13.2 Å². The Labute approximate surface area is 238 Å². The van der Waals surface area contributed by atoms with Crippen molar-refractivity contribution < 1.29 is 38.5 Å². The monoisotopic (exact) mass is 568 g/mol. The number of nitrogens with one attached hydrogen (secondary N) is 3. The number of aliphatic imine (C=N–C) groups is 1. The fourth-order valence-corrected chi connectivity index (χ4v) is 4.06. The quantitative estimate of drug-likeness (QED) is 0.226. The van der Waals surface area contributed by atoms with Crippen LogP contribution in [0.1, 0.15) is 58.6 Å². The van der Waals surface area contributed by atoms with E-state index in [0.29, 0.717) is 0 Å². The molecular formula is C29H36N4O8. The van der Waals surface area contributed by atoms with E-state index in [2.05, 4.69) is 20.9 Å². The van der Waals surface area contributed by atoms with E-state index in [9.17, 15) is 24.3 Å².